The van der Waals surface area contributed by atoms with Crippen LogP contribution in [0.3, 0.4) is 0 Å². The maximum atomic E-state index is 4.84. The summed E-state index contributed by atoms with van der Waals surface area (Å²) in [6.07, 6.45) is 2.45. The van der Waals surface area contributed by atoms with Gasteiger partial charge in [0.1, 0.15) is 0 Å². The summed E-state index contributed by atoms with van der Waals surface area (Å²) in [7, 11) is 4.35. The number of guanidine groups is 1. The highest BCUT2D eigenvalue weighted by Gasteiger charge is 2.16. The molecule has 5 nitrogen and oxygen atoms in total. The van der Waals surface area contributed by atoms with Gasteiger partial charge in [0.05, 0.1) is 0 Å². The lowest BCUT2D eigenvalue weighted by Crippen LogP contribution is -2.46. The molecule has 1 aliphatic rings. The van der Waals surface area contributed by atoms with Gasteiger partial charge in [0.15, 0.2) is 5.96 Å². The van der Waals surface area contributed by atoms with E-state index in [1.807, 2.05) is 0 Å². The monoisotopic (exact) mass is 439 g/mol. The van der Waals surface area contributed by atoms with Gasteiger partial charge in [-0.05, 0) is 26.3 Å². The summed E-state index contributed by atoms with van der Waals surface area (Å²) >= 11 is 0. The third-order valence-corrected chi connectivity index (χ3v) is 4.26. The molecule has 6 heteroatoms. The van der Waals surface area contributed by atoms with E-state index in [1.54, 1.807) is 0 Å². The largest absolute Gasteiger partial charge is 0.357 e. The Bertz CT molecular complexity index is 316. The second-order valence-electron chi connectivity index (χ2n) is 6.68. The minimum atomic E-state index is 0. The first-order valence-corrected chi connectivity index (χ1v) is 8.97. The number of likely N-dealkylation sites (N-methyl/N-ethyl adjacent to an activating group) is 1. The summed E-state index contributed by atoms with van der Waals surface area (Å²) in [4.78, 5) is 12.1. The highest BCUT2D eigenvalue weighted by atomic mass is 127. The molecule has 0 bridgehead atoms. The average molecular weight is 439 g/mol. The standard InChI is InChI=1S/C17H37N5.HI/c1-6-8-9-21(5)17(18-7-2)19-14-16(3)15-22-12-10-20(4)11-13-22;/h16H,6-15H2,1-5H3,(H,18,19);1H. The second-order valence-corrected chi connectivity index (χ2v) is 6.68. The number of hydrogen-bond acceptors (Lipinski definition) is 3. The van der Waals surface area contributed by atoms with Gasteiger partial charge in [-0.15, -0.1) is 24.0 Å². The molecule has 0 radical (unpaired) electrons. The molecule has 0 aromatic carbocycles. The third kappa shape index (κ3) is 9.72. The summed E-state index contributed by atoms with van der Waals surface area (Å²) in [5.41, 5.74) is 0. The molecule has 0 saturated carbocycles. The van der Waals surface area contributed by atoms with Crippen molar-refractivity contribution in [2.75, 3.05) is 66.5 Å². The van der Waals surface area contributed by atoms with Gasteiger partial charge < -0.3 is 20.0 Å². The normalized spacial score (nSPS) is 18.4. The summed E-state index contributed by atoms with van der Waals surface area (Å²) in [5.74, 6) is 1.66. The minimum absolute atomic E-state index is 0. The van der Waals surface area contributed by atoms with Crippen molar-refractivity contribution in [1.82, 2.24) is 20.0 Å². The van der Waals surface area contributed by atoms with E-state index in [4.69, 9.17) is 4.99 Å². The summed E-state index contributed by atoms with van der Waals surface area (Å²) in [6, 6.07) is 0. The van der Waals surface area contributed by atoms with Gasteiger partial charge in [0, 0.05) is 59.4 Å². The molecule has 1 N–H and O–H groups in total. The fourth-order valence-corrected chi connectivity index (χ4v) is 2.74. The molecular formula is C17H38IN5. The Kier molecular flexibility index (Phi) is 13.2. The van der Waals surface area contributed by atoms with Crippen LogP contribution in [-0.4, -0.2) is 87.1 Å². The Hall–Kier alpha value is -0.0800. The first-order chi connectivity index (χ1) is 10.6. The van der Waals surface area contributed by atoms with Crippen molar-refractivity contribution in [1.29, 1.82) is 0 Å². The van der Waals surface area contributed by atoms with Crippen LogP contribution in [0, 0.1) is 5.92 Å². The van der Waals surface area contributed by atoms with Gasteiger partial charge in [-0.2, -0.15) is 0 Å². The molecule has 0 aliphatic carbocycles. The van der Waals surface area contributed by atoms with Gasteiger partial charge in [0.25, 0.3) is 0 Å². The van der Waals surface area contributed by atoms with Crippen molar-refractivity contribution in [3.05, 3.63) is 0 Å². The molecule has 23 heavy (non-hydrogen) atoms. The van der Waals surface area contributed by atoms with Crippen molar-refractivity contribution < 1.29 is 0 Å². The molecule has 1 saturated heterocycles. The highest BCUT2D eigenvalue weighted by molar-refractivity contribution is 14.0. The molecule has 138 valence electrons. The van der Waals surface area contributed by atoms with Gasteiger partial charge in [-0.3, -0.25) is 4.99 Å². The van der Waals surface area contributed by atoms with Crippen molar-refractivity contribution in [3.63, 3.8) is 0 Å². The summed E-state index contributed by atoms with van der Waals surface area (Å²) in [5, 5.41) is 3.41. The molecule has 0 aromatic heterocycles. The number of nitrogens with one attached hydrogen (secondary N) is 1. The Morgan fingerprint density at radius 3 is 2.43 bits per heavy atom. The van der Waals surface area contributed by atoms with Crippen LogP contribution in [0.2, 0.25) is 0 Å². The van der Waals surface area contributed by atoms with Crippen LogP contribution in [0.15, 0.2) is 4.99 Å². The topological polar surface area (TPSA) is 34.1 Å². The molecule has 0 aromatic rings. The van der Waals surface area contributed by atoms with E-state index in [0.29, 0.717) is 5.92 Å². The first-order valence-electron chi connectivity index (χ1n) is 8.97. The van der Waals surface area contributed by atoms with Crippen molar-refractivity contribution in [2.45, 2.75) is 33.6 Å². The predicted octanol–water partition coefficient (Wildman–Crippen LogP) is 2.19. The fraction of sp³-hybridized carbons (Fsp3) is 0.941. The number of nitrogens with zero attached hydrogens (tertiary/aromatic N) is 4. The fourth-order valence-electron chi connectivity index (χ4n) is 2.74. The van der Waals surface area contributed by atoms with Crippen LogP contribution in [0.25, 0.3) is 0 Å². The predicted molar refractivity (Wildman–Crippen MR) is 112 cm³/mol. The van der Waals surface area contributed by atoms with E-state index >= 15 is 0 Å². The van der Waals surface area contributed by atoms with Crippen LogP contribution in [0.4, 0.5) is 0 Å². The number of rotatable bonds is 8. The highest BCUT2D eigenvalue weighted by Crippen LogP contribution is 2.05. The van der Waals surface area contributed by atoms with Gasteiger partial charge in [-0.1, -0.05) is 20.3 Å². The molecule has 1 unspecified atom stereocenters. The average Bonchev–Trinajstić information content (AvgIpc) is 2.51. The van der Waals surface area contributed by atoms with Crippen LogP contribution in [-0.2, 0) is 0 Å². The van der Waals surface area contributed by atoms with Crippen molar-refractivity contribution in [3.8, 4) is 0 Å². The second kappa shape index (κ2) is 13.2. The molecular weight excluding hydrogens is 401 g/mol. The summed E-state index contributed by atoms with van der Waals surface area (Å²) < 4.78 is 0. The van der Waals surface area contributed by atoms with Gasteiger partial charge in [0.2, 0.25) is 0 Å². The number of aliphatic imine (C=N–C) groups is 1. The minimum Gasteiger partial charge on any atom is -0.357 e. The van der Waals surface area contributed by atoms with Crippen molar-refractivity contribution in [2.24, 2.45) is 10.9 Å². The third-order valence-electron chi connectivity index (χ3n) is 4.26. The van der Waals surface area contributed by atoms with Crippen molar-refractivity contribution >= 4 is 29.9 Å². The first kappa shape index (κ1) is 22.9. The van der Waals surface area contributed by atoms with Gasteiger partial charge in [-0.25, -0.2) is 0 Å². The number of hydrogen-bond donors (Lipinski definition) is 1. The Labute approximate surface area is 160 Å². The number of piperazine rings is 1. The lowest BCUT2D eigenvalue weighted by Gasteiger charge is -2.33. The van der Waals surface area contributed by atoms with E-state index in [2.05, 4.69) is 54.9 Å². The molecule has 1 fully saturated rings. The maximum absolute atomic E-state index is 4.84. The molecule has 0 amide bonds. The Morgan fingerprint density at radius 1 is 1.22 bits per heavy atom. The number of halogens is 1. The zero-order valence-corrected chi connectivity index (χ0v) is 18.2. The van der Waals surface area contributed by atoms with Crippen LogP contribution < -0.4 is 5.32 Å². The maximum Gasteiger partial charge on any atom is 0.193 e. The molecule has 1 rings (SSSR count). The van der Waals surface area contributed by atoms with E-state index in [0.717, 1.165) is 32.1 Å². The zero-order chi connectivity index (χ0) is 16.4. The SMILES string of the molecule is CCCCN(C)C(=NCC(C)CN1CCN(C)CC1)NCC.I. The van der Waals surface area contributed by atoms with E-state index in [-0.39, 0.29) is 24.0 Å². The lowest BCUT2D eigenvalue weighted by molar-refractivity contribution is 0.140. The number of unbranched alkanes of at least 4 members (excludes halogenated alkanes) is 1. The Morgan fingerprint density at radius 2 is 1.87 bits per heavy atom. The van der Waals surface area contributed by atoms with E-state index < -0.39 is 0 Å². The van der Waals surface area contributed by atoms with Crippen LogP contribution in [0.5, 0.6) is 0 Å². The molecule has 1 aliphatic heterocycles. The van der Waals surface area contributed by atoms with Crippen LogP contribution >= 0.6 is 24.0 Å². The quantitative estimate of drug-likeness (QED) is 0.357. The van der Waals surface area contributed by atoms with E-state index in [9.17, 15) is 0 Å². The van der Waals surface area contributed by atoms with E-state index in [1.165, 1.54) is 39.0 Å². The van der Waals surface area contributed by atoms with Crippen LogP contribution in [0.1, 0.15) is 33.6 Å². The Balaban J connectivity index is 0.00000484. The zero-order valence-electron chi connectivity index (χ0n) is 15.8. The van der Waals surface area contributed by atoms with Gasteiger partial charge >= 0.3 is 0 Å². The molecule has 1 heterocycles. The molecule has 0 spiro atoms. The summed E-state index contributed by atoms with van der Waals surface area (Å²) in [6.45, 7) is 15.5. The molecule has 1 atom stereocenters. The lowest BCUT2D eigenvalue weighted by atomic mass is 10.1. The smallest absolute Gasteiger partial charge is 0.193 e.